The van der Waals surface area contributed by atoms with Crippen LogP contribution >= 0.6 is 11.3 Å². The van der Waals surface area contributed by atoms with E-state index in [4.69, 9.17) is 14.2 Å². The van der Waals surface area contributed by atoms with E-state index in [0.29, 0.717) is 32.8 Å². The molecule has 0 aromatic carbocycles. The molecule has 4 nitrogen and oxygen atoms in total. The van der Waals surface area contributed by atoms with Crippen molar-refractivity contribution in [2.24, 2.45) is 0 Å². The molecule has 0 N–H and O–H groups in total. The van der Waals surface area contributed by atoms with E-state index >= 15 is 0 Å². The highest BCUT2D eigenvalue weighted by Gasteiger charge is 2.05. The number of carbonyl (C=O) groups excluding carboxylic acids is 1. The van der Waals surface area contributed by atoms with Crippen molar-refractivity contribution in [1.29, 1.82) is 0 Å². The predicted molar refractivity (Wildman–Crippen MR) is 76.0 cm³/mol. The largest absolute Gasteiger partial charge is 0.385 e. The average Bonchev–Trinajstić information content (AvgIpc) is 2.95. The summed E-state index contributed by atoms with van der Waals surface area (Å²) >= 11 is 1.49. The molecule has 0 radical (unpaired) electrons. The predicted octanol–water partition coefficient (Wildman–Crippen LogP) is 2.78. The normalized spacial score (nSPS) is 10.8. The van der Waals surface area contributed by atoms with Gasteiger partial charge in [-0.3, -0.25) is 4.79 Å². The zero-order valence-electron chi connectivity index (χ0n) is 11.4. The van der Waals surface area contributed by atoms with Crippen molar-refractivity contribution in [3.63, 3.8) is 0 Å². The average molecular weight is 286 g/mol. The molecule has 108 valence electrons. The van der Waals surface area contributed by atoms with Crippen LogP contribution in [0.5, 0.6) is 0 Å². The summed E-state index contributed by atoms with van der Waals surface area (Å²) in [6.07, 6.45) is 2.22. The van der Waals surface area contributed by atoms with E-state index in [1.54, 1.807) is 7.11 Å². The van der Waals surface area contributed by atoms with Crippen LogP contribution in [0.3, 0.4) is 0 Å². The van der Waals surface area contributed by atoms with Gasteiger partial charge in [0, 0.05) is 33.4 Å². The summed E-state index contributed by atoms with van der Waals surface area (Å²) in [5.41, 5.74) is 0. The van der Waals surface area contributed by atoms with Crippen LogP contribution in [0.2, 0.25) is 0 Å². The smallest absolute Gasteiger partial charge is 0.172 e. The third kappa shape index (κ3) is 8.10. The fraction of sp³-hybridized carbons (Fsp3) is 0.643. The molecule has 0 saturated carbocycles. The van der Waals surface area contributed by atoms with Gasteiger partial charge in [0.25, 0.3) is 0 Å². The lowest BCUT2D eigenvalue weighted by Gasteiger charge is -2.05. The lowest BCUT2D eigenvalue weighted by atomic mass is 10.2. The molecule has 0 aliphatic carbocycles. The van der Waals surface area contributed by atoms with Crippen LogP contribution in [-0.4, -0.2) is 45.9 Å². The monoisotopic (exact) mass is 286 g/mol. The maximum Gasteiger partial charge on any atom is 0.172 e. The summed E-state index contributed by atoms with van der Waals surface area (Å²) in [4.78, 5) is 12.5. The number of thiophene rings is 1. The Balaban J connectivity index is 1.85. The van der Waals surface area contributed by atoms with Crippen LogP contribution in [0.15, 0.2) is 17.5 Å². The van der Waals surface area contributed by atoms with Crippen molar-refractivity contribution in [2.45, 2.75) is 19.3 Å². The summed E-state index contributed by atoms with van der Waals surface area (Å²) in [6, 6.07) is 3.76. The molecule has 0 amide bonds. The van der Waals surface area contributed by atoms with Crippen LogP contribution in [-0.2, 0) is 14.2 Å². The van der Waals surface area contributed by atoms with Gasteiger partial charge in [0.15, 0.2) is 5.78 Å². The van der Waals surface area contributed by atoms with Crippen LogP contribution in [0.4, 0.5) is 0 Å². The van der Waals surface area contributed by atoms with Crippen molar-refractivity contribution in [2.75, 3.05) is 40.1 Å². The summed E-state index contributed by atoms with van der Waals surface area (Å²) in [6.45, 7) is 3.22. The van der Waals surface area contributed by atoms with E-state index in [-0.39, 0.29) is 5.78 Å². The van der Waals surface area contributed by atoms with E-state index in [1.165, 1.54) is 11.3 Å². The summed E-state index contributed by atoms with van der Waals surface area (Å²) in [7, 11) is 1.68. The number of ketones is 1. The fourth-order valence-electron chi connectivity index (χ4n) is 1.52. The Bertz CT molecular complexity index is 324. The Labute approximate surface area is 118 Å². The molecule has 5 heteroatoms. The Morgan fingerprint density at radius 3 is 2.47 bits per heavy atom. The second kappa shape index (κ2) is 11.1. The van der Waals surface area contributed by atoms with E-state index in [1.807, 2.05) is 17.5 Å². The third-order valence-electron chi connectivity index (χ3n) is 2.50. The lowest BCUT2D eigenvalue weighted by Crippen LogP contribution is -2.08. The number of ether oxygens (including phenoxy) is 3. The number of carbonyl (C=O) groups is 1. The van der Waals surface area contributed by atoms with Gasteiger partial charge in [-0.05, 0) is 24.3 Å². The van der Waals surface area contributed by atoms with E-state index in [0.717, 1.165) is 24.3 Å². The minimum atomic E-state index is 0.203. The first kappa shape index (κ1) is 16.3. The minimum absolute atomic E-state index is 0.203. The van der Waals surface area contributed by atoms with Crippen molar-refractivity contribution >= 4 is 17.1 Å². The second-order valence-electron chi connectivity index (χ2n) is 4.08. The number of Topliss-reactive ketones (excluding diaryl/α,β-unsaturated/α-hetero) is 1. The van der Waals surface area contributed by atoms with Gasteiger partial charge in [0.1, 0.15) is 0 Å². The zero-order valence-corrected chi connectivity index (χ0v) is 12.2. The molecule has 0 spiro atoms. The molecular formula is C14H22O4S. The van der Waals surface area contributed by atoms with Crippen LogP contribution in [0, 0.1) is 0 Å². The topological polar surface area (TPSA) is 44.8 Å². The van der Waals surface area contributed by atoms with E-state index < -0.39 is 0 Å². The van der Waals surface area contributed by atoms with Crippen LogP contribution < -0.4 is 0 Å². The first-order valence-corrected chi connectivity index (χ1v) is 7.43. The maximum absolute atomic E-state index is 11.7. The lowest BCUT2D eigenvalue weighted by molar-refractivity contribution is 0.0386. The molecule has 0 unspecified atom stereocenters. The molecule has 0 bridgehead atoms. The van der Waals surface area contributed by atoms with Crippen LogP contribution in [0.25, 0.3) is 0 Å². The highest BCUT2D eigenvalue weighted by atomic mass is 32.1. The van der Waals surface area contributed by atoms with E-state index in [2.05, 4.69) is 0 Å². The molecule has 0 fully saturated rings. The van der Waals surface area contributed by atoms with Gasteiger partial charge < -0.3 is 14.2 Å². The SMILES string of the molecule is COCCCOCCOCCCC(=O)c1cccs1. The maximum atomic E-state index is 11.7. The Morgan fingerprint density at radius 2 is 1.84 bits per heavy atom. The van der Waals surface area contributed by atoms with Gasteiger partial charge in [-0.1, -0.05) is 6.07 Å². The van der Waals surface area contributed by atoms with Gasteiger partial charge in [-0.25, -0.2) is 0 Å². The first-order chi connectivity index (χ1) is 9.34. The van der Waals surface area contributed by atoms with E-state index in [9.17, 15) is 4.79 Å². The molecule has 1 rings (SSSR count). The van der Waals surface area contributed by atoms with Gasteiger partial charge in [-0.2, -0.15) is 0 Å². The van der Waals surface area contributed by atoms with Crippen molar-refractivity contribution < 1.29 is 19.0 Å². The van der Waals surface area contributed by atoms with Gasteiger partial charge in [0.05, 0.1) is 18.1 Å². The quantitative estimate of drug-likeness (QED) is 0.438. The van der Waals surface area contributed by atoms with Crippen molar-refractivity contribution in [3.8, 4) is 0 Å². The minimum Gasteiger partial charge on any atom is -0.385 e. The number of hydrogen-bond donors (Lipinski definition) is 0. The zero-order chi connectivity index (χ0) is 13.8. The molecule has 0 atom stereocenters. The second-order valence-corrected chi connectivity index (χ2v) is 5.02. The molecule has 19 heavy (non-hydrogen) atoms. The Morgan fingerprint density at radius 1 is 1.11 bits per heavy atom. The summed E-state index contributed by atoms with van der Waals surface area (Å²) in [5.74, 6) is 0.203. The fourth-order valence-corrected chi connectivity index (χ4v) is 2.22. The third-order valence-corrected chi connectivity index (χ3v) is 3.41. The van der Waals surface area contributed by atoms with Crippen molar-refractivity contribution in [3.05, 3.63) is 22.4 Å². The van der Waals surface area contributed by atoms with Gasteiger partial charge in [-0.15, -0.1) is 11.3 Å². The number of methoxy groups -OCH3 is 1. The standard InChI is InChI=1S/C14H22O4S/c1-16-7-4-9-18-11-10-17-8-2-5-13(15)14-6-3-12-19-14/h3,6,12H,2,4-5,7-11H2,1H3. The van der Waals surface area contributed by atoms with Crippen LogP contribution in [0.1, 0.15) is 28.9 Å². The Kier molecular flexibility index (Phi) is 9.53. The number of rotatable bonds is 12. The molecule has 0 aliphatic heterocycles. The van der Waals surface area contributed by atoms with Crippen molar-refractivity contribution in [1.82, 2.24) is 0 Å². The molecule has 1 aromatic heterocycles. The summed E-state index contributed by atoms with van der Waals surface area (Å²) < 4.78 is 15.7. The highest BCUT2D eigenvalue weighted by Crippen LogP contribution is 2.12. The first-order valence-electron chi connectivity index (χ1n) is 6.55. The molecule has 0 aliphatic rings. The van der Waals surface area contributed by atoms with Gasteiger partial charge in [0.2, 0.25) is 0 Å². The number of hydrogen-bond acceptors (Lipinski definition) is 5. The molecule has 0 saturated heterocycles. The Hall–Kier alpha value is -0.750. The highest BCUT2D eigenvalue weighted by molar-refractivity contribution is 7.12. The molecule has 1 heterocycles. The summed E-state index contributed by atoms with van der Waals surface area (Å²) in [5, 5.41) is 1.92. The van der Waals surface area contributed by atoms with Gasteiger partial charge >= 0.3 is 0 Å². The molecule has 1 aromatic rings. The molecular weight excluding hydrogens is 264 g/mol.